The molecule has 0 N–H and O–H groups in total. The van der Waals surface area contributed by atoms with Gasteiger partial charge in [0, 0.05) is 49.9 Å². The molecule has 0 aliphatic carbocycles. The Balaban J connectivity index is 0.931. The minimum atomic E-state index is 0.712. The van der Waals surface area contributed by atoms with Gasteiger partial charge in [0.2, 0.25) is 0 Å². The van der Waals surface area contributed by atoms with Gasteiger partial charge in [-0.2, -0.15) is 0 Å². The summed E-state index contributed by atoms with van der Waals surface area (Å²) in [6, 6.07) is 90.6. The fourth-order valence-electron chi connectivity index (χ4n) is 9.40. The first-order valence-corrected chi connectivity index (χ1v) is 22.4. The van der Waals surface area contributed by atoms with E-state index in [1.165, 1.54) is 38.5 Å². The monoisotopic (exact) mass is 842 g/mol. The van der Waals surface area contributed by atoms with Crippen molar-refractivity contribution in [3.63, 3.8) is 0 Å². The molecule has 12 aromatic rings. The lowest BCUT2D eigenvalue weighted by molar-refractivity contribution is 1.17. The summed E-state index contributed by atoms with van der Waals surface area (Å²) >= 11 is 0. The molecule has 0 saturated heterocycles. The Kier molecular flexibility index (Phi) is 9.81. The van der Waals surface area contributed by atoms with Crippen LogP contribution < -0.4 is 4.90 Å². The van der Waals surface area contributed by atoms with E-state index in [2.05, 4.69) is 246 Å². The highest BCUT2D eigenvalue weighted by Gasteiger charge is 2.19. The fourth-order valence-corrected chi connectivity index (χ4v) is 9.40. The lowest BCUT2D eigenvalue weighted by Gasteiger charge is -2.28. The van der Waals surface area contributed by atoms with Crippen molar-refractivity contribution in [2.75, 3.05) is 4.90 Å². The predicted molar refractivity (Wildman–Crippen MR) is 276 cm³/mol. The first-order valence-electron chi connectivity index (χ1n) is 22.4. The highest BCUT2D eigenvalue weighted by atomic mass is 15.1. The minimum Gasteiger partial charge on any atom is -0.310 e. The molecule has 2 heterocycles. The van der Waals surface area contributed by atoms with Crippen LogP contribution in [0.3, 0.4) is 0 Å². The van der Waals surface area contributed by atoms with Crippen molar-refractivity contribution < 1.29 is 0 Å². The molecule has 310 valence electrons. The second-order valence-electron chi connectivity index (χ2n) is 16.6. The highest BCUT2D eigenvalue weighted by Crippen LogP contribution is 2.42. The van der Waals surface area contributed by atoms with Gasteiger partial charge >= 0.3 is 0 Å². The molecule has 0 spiro atoms. The Hall–Kier alpha value is -8.86. The zero-order chi connectivity index (χ0) is 43.8. The Labute approximate surface area is 384 Å². The van der Waals surface area contributed by atoms with E-state index in [9.17, 15) is 0 Å². The number of rotatable bonds is 9. The average Bonchev–Trinajstić information content (AvgIpc) is 3.73. The normalized spacial score (nSPS) is 11.3. The van der Waals surface area contributed by atoms with E-state index in [1.54, 1.807) is 0 Å². The van der Waals surface area contributed by atoms with E-state index in [1.807, 2.05) is 18.2 Å². The van der Waals surface area contributed by atoms with Gasteiger partial charge in [-0.1, -0.05) is 194 Å². The lowest BCUT2D eigenvalue weighted by Crippen LogP contribution is -2.11. The van der Waals surface area contributed by atoms with Gasteiger partial charge in [-0.05, 0) is 88.5 Å². The number of benzene rings is 10. The molecule has 0 fully saturated rings. The van der Waals surface area contributed by atoms with Gasteiger partial charge < -0.3 is 9.47 Å². The molecule has 0 amide bonds. The maximum absolute atomic E-state index is 5.12. The van der Waals surface area contributed by atoms with Gasteiger partial charge in [-0.15, -0.1) is 0 Å². The Morgan fingerprint density at radius 3 is 1.55 bits per heavy atom. The number of hydrogen-bond donors (Lipinski definition) is 0. The maximum Gasteiger partial charge on any atom is 0.160 e. The zero-order valence-corrected chi connectivity index (χ0v) is 36.0. The number of nitrogens with zero attached hydrogens (tertiary/aromatic N) is 4. The first-order chi connectivity index (χ1) is 32.7. The van der Waals surface area contributed by atoms with E-state index in [4.69, 9.17) is 9.97 Å². The number of hydrogen-bond acceptors (Lipinski definition) is 3. The van der Waals surface area contributed by atoms with E-state index >= 15 is 0 Å². The summed E-state index contributed by atoms with van der Waals surface area (Å²) in [4.78, 5) is 12.5. The zero-order valence-electron chi connectivity index (χ0n) is 36.0. The summed E-state index contributed by atoms with van der Waals surface area (Å²) in [7, 11) is 0. The van der Waals surface area contributed by atoms with Crippen LogP contribution in [-0.4, -0.2) is 14.5 Å². The molecule has 66 heavy (non-hydrogen) atoms. The number of fused-ring (bicyclic) bond motifs is 4. The highest BCUT2D eigenvalue weighted by molar-refractivity contribution is 6.10. The van der Waals surface area contributed by atoms with Crippen LogP contribution in [0.25, 0.3) is 94.4 Å². The molecule has 0 saturated carbocycles. The number of aromatic nitrogens is 3. The third kappa shape index (κ3) is 7.08. The van der Waals surface area contributed by atoms with Crippen LogP contribution in [0.4, 0.5) is 17.1 Å². The standard InChI is InChI=1S/C62H42N4/c1-4-16-43(17-5-1)44-32-35-50(36-33-44)65(58-26-14-11-22-53(58)46-18-6-2-7-19-46)51-37-39-52(40-38-51)66-59-27-15-12-23-54(59)55-41-34-49(42-60(55)66)45-28-30-48(31-29-45)62-63-57-25-13-10-24-56(57)61(64-62)47-20-8-3-9-21-47/h1-42H. The molecular formula is C62H42N4. The van der Waals surface area contributed by atoms with E-state index in [0.29, 0.717) is 5.82 Å². The van der Waals surface area contributed by atoms with E-state index in [0.717, 1.165) is 67.1 Å². The second kappa shape index (κ2) is 16.7. The van der Waals surface area contributed by atoms with Gasteiger partial charge in [0.1, 0.15) is 0 Å². The van der Waals surface area contributed by atoms with Crippen LogP contribution in [-0.2, 0) is 0 Å². The van der Waals surface area contributed by atoms with Crippen molar-refractivity contribution in [1.82, 2.24) is 14.5 Å². The molecule has 0 aliphatic rings. The fraction of sp³-hybridized carbons (Fsp3) is 0. The molecule has 2 aromatic heterocycles. The van der Waals surface area contributed by atoms with Crippen molar-refractivity contribution >= 4 is 49.8 Å². The van der Waals surface area contributed by atoms with Gasteiger partial charge in [-0.25, -0.2) is 9.97 Å². The Morgan fingerprint density at radius 1 is 0.318 bits per heavy atom. The van der Waals surface area contributed by atoms with E-state index in [-0.39, 0.29) is 0 Å². The van der Waals surface area contributed by atoms with Crippen LogP contribution in [0.5, 0.6) is 0 Å². The Morgan fingerprint density at radius 2 is 0.818 bits per heavy atom. The third-order valence-electron chi connectivity index (χ3n) is 12.6. The first kappa shape index (κ1) is 38.8. The van der Waals surface area contributed by atoms with Crippen LogP contribution in [0, 0.1) is 0 Å². The summed E-state index contributed by atoms with van der Waals surface area (Å²) < 4.78 is 2.40. The van der Waals surface area contributed by atoms with Crippen molar-refractivity contribution in [2.45, 2.75) is 0 Å². The summed E-state index contributed by atoms with van der Waals surface area (Å²) in [6.07, 6.45) is 0. The van der Waals surface area contributed by atoms with Gasteiger partial charge in [0.25, 0.3) is 0 Å². The average molecular weight is 843 g/mol. The molecule has 10 aromatic carbocycles. The number of para-hydroxylation sites is 3. The summed E-state index contributed by atoms with van der Waals surface area (Å²) in [5.74, 6) is 0.712. The van der Waals surface area contributed by atoms with Crippen LogP contribution in [0.2, 0.25) is 0 Å². The van der Waals surface area contributed by atoms with Gasteiger partial charge in [0.05, 0.1) is 27.9 Å². The summed E-state index contributed by atoms with van der Waals surface area (Å²) in [5, 5.41) is 3.48. The number of anilines is 3. The van der Waals surface area contributed by atoms with Gasteiger partial charge in [0.15, 0.2) is 5.82 Å². The molecule has 0 unspecified atom stereocenters. The summed E-state index contributed by atoms with van der Waals surface area (Å²) in [5.41, 5.74) is 17.6. The van der Waals surface area contributed by atoms with Crippen molar-refractivity contribution in [3.05, 3.63) is 255 Å². The quantitative estimate of drug-likeness (QED) is 0.145. The second-order valence-corrected chi connectivity index (χ2v) is 16.6. The molecule has 4 nitrogen and oxygen atoms in total. The molecular weight excluding hydrogens is 801 g/mol. The van der Waals surface area contributed by atoms with Crippen molar-refractivity contribution in [2.24, 2.45) is 0 Å². The Bertz CT molecular complexity index is 3660. The van der Waals surface area contributed by atoms with Crippen molar-refractivity contribution in [1.29, 1.82) is 0 Å². The predicted octanol–water partition coefficient (Wildman–Crippen LogP) is 16.5. The maximum atomic E-state index is 5.12. The molecule has 4 heteroatoms. The smallest absolute Gasteiger partial charge is 0.160 e. The van der Waals surface area contributed by atoms with E-state index < -0.39 is 0 Å². The SMILES string of the molecule is c1ccc(-c2ccc(N(c3ccc(-n4c5ccccc5c5ccc(-c6ccc(-c7nc(-c8ccccc8)c8ccccc8n7)cc6)cc54)cc3)c3ccccc3-c3ccccc3)cc2)cc1. The van der Waals surface area contributed by atoms with Crippen LogP contribution >= 0.6 is 0 Å². The summed E-state index contributed by atoms with van der Waals surface area (Å²) in [6.45, 7) is 0. The largest absolute Gasteiger partial charge is 0.310 e. The van der Waals surface area contributed by atoms with Gasteiger partial charge in [-0.3, -0.25) is 0 Å². The van der Waals surface area contributed by atoms with Crippen molar-refractivity contribution in [3.8, 4) is 61.7 Å². The van der Waals surface area contributed by atoms with Crippen LogP contribution in [0.1, 0.15) is 0 Å². The van der Waals surface area contributed by atoms with Crippen LogP contribution in [0.15, 0.2) is 255 Å². The molecule has 12 rings (SSSR count). The molecule has 0 radical (unpaired) electrons. The lowest BCUT2D eigenvalue weighted by atomic mass is 10.0. The topological polar surface area (TPSA) is 34.0 Å². The minimum absolute atomic E-state index is 0.712. The molecule has 0 bridgehead atoms. The third-order valence-corrected chi connectivity index (χ3v) is 12.6. The molecule has 0 atom stereocenters. The molecule has 0 aliphatic heterocycles.